The molecule has 0 bridgehead atoms. The molecule has 1 amide bonds. The number of nitrogens with zero attached hydrogens (tertiary/aromatic N) is 1. The zero-order chi connectivity index (χ0) is 14.4. The molecule has 1 heterocycles. The summed E-state index contributed by atoms with van der Waals surface area (Å²) in [6.45, 7) is 5.38. The fourth-order valence-corrected chi connectivity index (χ4v) is 1.90. The number of pyridine rings is 1. The van der Waals surface area contributed by atoms with Crippen LogP contribution >= 0.6 is 0 Å². The summed E-state index contributed by atoms with van der Waals surface area (Å²) in [4.78, 5) is 16.2. The average Bonchev–Trinajstić information content (AvgIpc) is 2.47. The number of benzene rings is 1. The van der Waals surface area contributed by atoms with Crippen molar-refractivity contribution >= 4 is 11.7 Å². The molecule has 0 aliphatic heterocycles. The minimum atomic E-state index is -0.108. The van der Waals surface area contributed by atoms with E-state index in [1.54, 1.807) is 12.3 Å². The summed E-state index contributed by atoms with van der Waals surface area (Å²) in [5.41, 5.74) is 2.87. The van der Waals surface area contributed by atoms with Crippen molar-refractivity contribution in [1.82, 2.24) is 10.3 Å². The molecule has 0 spiro atoms. The van der Waals surface area contributed by atoms with E-state index in [-0.39, 0.29) is 5.91 Å². The van der Waals surface area contributed by atoms with Crippen molar-refractivity contribution in [2.45, 2.75) is 20.4 Å². The summed E-state index contributed by atoms with van der Waals surface area (Å²) < 4.78 is 0. The second-order valence-corrected chi connectivity index (χ2v) is 4.57. The van der Waals surface area contributed by atoms with Gasteiger partial charge < -0.3 is 10.6 Å². The molecule has 4 heteroatoms. The number of nitrogens with one attached hydrogen (secondary N) is 2. The van der Waals surface area contributed by atoms with Gasteiger partial charge in [-0.1, -0.05) is 24.3 Å². The van der Waals surface area contributed by atoms with Crippen molar-refractivity contribution in [2.75, 3.05) is 11.9 Å². The molecular weight excluding hydrogens is 250 g/mol. The van der Waals surface area contributed by atoms with Crippen molar-refractivity contribution in [3.63, 3.8) is 0 Å². The van der Waals surface area contributed by atoms with Gasteiger partial charge in [0.15, 0.2) is 0 Å². The summed E-state index contributed by atoms with van der Waals surface area (Å²) in [7, 11) is 0. The van der Waals surface area contributed by atoms with E-state index >= 15 is 0 Å². The topological polar surface area (TPSA) is 54.0 Å². The van der Waals surface area contributed by atoms with Gasteiger partial charge in [-0.25, -0.2) is 4.98 Å². The molecule has 0 saturated carbocycles. The van der Waals surface area contributed by atoms with Crippen LogP contribution in [0.5, 0.6) is 0 Å². The molecule has 1 aromatic heterocycles. The first-order valence-corrected chi connectivity index (χ1v) is 6.73. The maximum absolute atomic E-state index is 12.0. The summed E-state index contributed by atoms with van der Waals surface area (Å²) in [6, 6.07) is 11.6. The molecule has 0 atom stereocenters. The molecule has 104 valence electrons. The van der Waals surface area contributed by atoms with Gasteiger partial charge in [0, 0.05) is 19.3 Å². The van der Waals surface area contributed by atoms with E-state index in [0.29, 0.717) is 12.1 Å². The number of hydrogen-bond acceptors (Lipinski definition) is 3. The molecule has 4 nitrogen and oxygen atoms in total. The zero-order valence-corrected chi connectivity index (χ0v) is 11.8. The molecule has 2 aromatic rings. The normalized spacial score (nSPS) is 10.1. The maximum Gasteiger partial charge on any atom is 0.253 e. The van der Waals surface area contributed by atoms with Crippen LogP contribution in [0.25, 0.3) is 0 Å². The molecule has 0 aliphatic carbocycles. The Balaban J connectivity index is 1.96. The first-order chi connectivity index (χ1) is 9.70. The minimum Gasteiger partial charge on any atom is -0.370 e. The Kier molecular flexibility index (Phi) is 4.71. The Morgan fingerprint density at radius 2 is 2.00 bits per heavy atom. The van der Waals surface area contributed by atoms with Crippen LogP contribution in [-0.4, -0.2) is 17.4 Å². The van der Waals surface area contributed by atoms with Crippen molar-refractivity contribution in [2.24, 2.45) is 0 Å². The van der Waals surface area contributed by atoms with Crippen LogP contribution < -0.4 is 10.6 Å². The van der Waals surface area contributed by atoms with E-state index in [4.69, 9.17) is 0 Å². The highest BCUT2D eigenvalue weighted by molar-refractivity contribution is 5.94. The standard InChI is InChI=1S/C16H19N3O/c1-3-17-15-9-8-14(11-18-15)16(20)19-10-13-7-5-4-6-12(13)2/h4-9,11H,3,10H2,1-2H3,(H,17,18)(H,19,20). The predicted octanol–water partition coefficient (Wildman–Crippen LogP) is 2.75. The Bertz CT molecular complexity index is 579. The zero-order valence-electron chi connectivity index (χ0n) is 11.8. The van der Waals surface area contributed by atoms with Crippen molar-refractivity contribution in [1.29, 1.82) is 0 Å². The first kappa shape index (κ1) is 14.1. The highest BCUT2D eigenvalue weighted by atomic mass is 16.1. The Morgan fingerprint density at radius 1 is 1.20 bits per heavy atom. The Hall–Kier alpha value is -2.36. The van der Waals surface area contributed by atoms with E-state index < -0.39 is 0 Å². The number of anilines is 1. The fraction of sp³-hybridized carbons (Fsp3) is 0.250. The van der Waals surface area contributed by atoms with E-state index in [0.717, 1.165) is 17.9 Å². The van der Waals surface area contributed by atoms with Gasteiger partial charge in [-0.3, -0.25) is 4.79 Å². The minimum absolute atomic E-state index is 0.108. The van der Waals surface area contributed by atoms with Crippen LogP contribution in [0.3, 0.4) is 0 Å². The Labute approximate surface area is 119 Å². The lowest BCUT2D eigenvalue weighted by molar-refractivity contribution is 0.0950. The fourth-order valence-electron chi connectivity index (χ4n) is 1.90. The van der Waals surface area contributed by atoms with E-state index in [9.17, 15) is 4.79 Å². The summed E-state index contributed by atoms with van der Waals surface area (Å²) >= 11 is 0. The van der Waals surface area contributed by atoms with Gasteiger partial charge in [-0.05, 0) is 37.1 Å². The number of hydrogen-bond donors (Lipinski definition) is 2. The first-order valence-electron chi connectivity index (χ1n) is 6.73. The van der Waals surface area contributed by atoms with Gasteiger partial charge >= 0.3 is 0 Å². The summed E-state index contributed by atoms with van der Waals surface area (Å²) in [6.07, 6.45) is 1.59. The van der Waals surface area contributed by atoms with Crippen LogP contribution in [-0.2, 0) is 6.54 Å². The van der Waals surface area contributed by atoms with Crippen molar-refractivity contribution < 1.29 is 4.79 Å². The van der Waals surface area contributed by atoms with Crippen LogP contribution in [0.15, 0.2) is 42.6 Å². The number of rotatable bonds is 5. The average molecular weight is 269 g/mol. The molecule has 20 heavy (non-hydrogen) atoms. The highest BCUT2D eigenvalue weighted by Crippen LogP contribution is 2.08. The third-order valence-corrected chi connectivity index (χ3v) is 3.08. The number of carbonyl (C=O) groups is 1. The molecule has 1 aromatic carbocycles. The number of aryl methyl sites for hydroxylation is 1. The molecule has 0 aliphatic rings. The maximum atomic E-state index is 12.0. The van der Waals surface area contributed by atoms with E-state index in [1.165, 1.54) is 5.56 Å². The third-order valence-electron chi connectivity index (χ3n) is 3.08. The van der Waals surface area contributed by atoms with Gasteiger partial charge in [-0.2, -0.15) is 0 Å². The van der Waals surface area contributed by atoms with Gasteiger partial charge in [0.2, 0.25) is 0 Å². The number of aromatic nitrogens is 1. The number of carbonyl (C=O) groups excluding carboxylic acids is 1. The van der Waals surface area contributed by atoms with Gasteiger partial charge in [0.1, 0.15) is 5.82 Å². The Morgan fingerprint density at radius 3 is 2.65 bits per heavy atom. The molecule has 0 fully saturated rings. The van der Waals surface area contributed by atoms with Gasteiger partial charge in [0.05, 0.1) is 5.56 Å². The molecule has 2 rings (SSSR count). The lowest BCUT2D eigenvalue weighted by Gasteiger charge is -2.08. The van der Waals surface area contributed by atoms with Crippen molar-refractivity contribution in [3.05, 3.63) is 59.3 Å². The lowest BCUT2D eigenvalue weighted by atomic mass is 10.1. The molecule has 0 radical (unpaired) electrons. The number of amides is 1. The molecule has 2 N–H and O–H groups in total. The summed E-state index contributed by atoms with van der Waals surface area (Å²) in [5, 5.41) is 6.00. The smallest absolute Gasteiger partial charge is 0.253 e. The lowest BCUT2D eigenvalue weighted by Crippen LogP contribution is -2.23. The SMILES string of the molecule is CCNc1ccc(C(=O)NCc2ccccc2C)cn1. The van der Waals surface area contributed by atoms with Crippen LogP contribution in [0.4, 0.5) is 5.82 Å². The van der Waals surface area contributed by atoms with Crippen LogP contribution in [0.2, 0.25) is 0 Å². The quantitative estimate of drug-likeness (QED) is 0.877. The highest BCUT2D eigenvalue weighted by Gasteiger charge is 2.06. The van der Waals surface area contributed by atoms with Gasteiger partial charge in [0.25, 0.3) is 5.91 Å². The van der Waals surface area contributed by atoms with E-state index in [1.807, 2.05) is 44.2 Å². The third kappa shape index (κ3) is 3.57. The molecular formula is C16H19N3O. The monoisotopic (exact) mass is 269 g/mol. The van der Waals surface area contributed by atoms with E-state index in [2.05, 4.69) is 15.6 Å². The van der Waals surface area contributed by atoms with Gasteiger partial charge in [-0.15, -0.1) is 0 Å². The van der Waals surface area contributed by atoms with Crippen LogP contribution in [0.1, 0.15) is 28.4 Å². The van der Waals surface area contributed by atoms with Crippen LogP contribution in [0, 0.1) is 6.92 Å². The molecule has 0 unspecified atom stereocenters. The predicted molar refractivity (Wildman–Crippen MR) is 80.7 cm³/mol. The van der Waals surface area contributed by atoms with Crippen molar-refractivity contribution in [3.8, 4) is 0 Å². The molecule has 0 saturated heterocycles. The second kappa shape index (κ2) is 6.70. The summed E-state index contributed by atoms with van der Waals surface area (Å²) in [5.74, 6) is 0.673. The largest absolute Gasteiger partial charge is 0.370 e. The second-order valence-electron chi connectivity index (χ2n) is 4.57.